The molecule has 1 fully saturated rings. The summed E-state index contributed by atoms with van der Waals surface area (Å²) >= 11 is 0. The Labute approximate surface area is 119 Å². The van der Waals surface area contributed by atoms with Gasteiger partial charge in [-0.05, 0) is 43.7 Å². The normalized spacial score (nSPS) is 18.3. The third kappa shape index (κ3) is 4.73. The van der Waals surface area contributed by atoms with Crippen molar-refractivity contribution in [2.24, 2.45) is 5.92 Å². The van der Waals surface area contributed by atoms with Crippen LogP contribution >= 0.6 is 12.4 Å². The van der Waals surface area contributed by atoms with Gasteiger partial charge in [-0.15, -0.1) is 12.4 Å². The van der Waals surface area contributed by atoms with Gasteiger partial charge in [0.05, 0.1) is 19.3 Å². The van der Waals surface area contributed by atoms with E-state index >= 15 is 0 Å². The molecule has 2 rings (SSSR count). The Morgan fingerprint density at radius 1 is 1.37 bits per heavy atom. The fraction of sp³-hybridized carbons (Fsp3) is 0.500. The number of nitrogens with one attached hydrogen (secondary N) is 1. The van der Waals surface area contributed by atoms with Crippen LogP contribution in [-0.2, 0) is 4.74 Å². The predicted octanol–water partition coefficient (Wildman–Crippen LogP) is 2.27. The highest BCUT2D eigenvalue weighted by molar-refractivity contribution is 5.89. The van der Waals surface area contributed by atoms with Crippen molar-refractivity contribution in [2.75, 3.05) is 26.8 Å². The molecule has 1 aromatic rings. The molecule has 19 heavy (non-hydrogen) atoms. The van der Waals surface area contributed by atoms with E-state index in [-0.39, 0.29) is 18.4 Å². The van der Waals surface area contributed by atoms with Crippen molar-refractivity contribution in [2.45, 2.75) is 12.8 Å². The van der Waals surface area contributed by atoms with Crippen LogP contribution in [0.25, 0.3) is 0 Å². The minimum atomic E-state index is -0.261. The molecule has 1 aliphatic rings. The van der Waals surface area contributed by atoms with Gasteiger partial charge in [0.2, 0.25) is 0 Å². The molecule has 0 spiro atoms. The molecule has 1 heterocycles. The lowest BCUT2D eigenvalue weighted by Crippen LogP contribution is -2.32. The van der Waals surface area contributed by atoms with Gasteiger partial charge >= 0.3 is 5.97 Å². The summed E-state index contributed by atoms with van der Waals surface area (Å²) in [4.78, 5) is 11.8. The van der Waals surface area contributed by atoms with E-state index in [1.165, 1.54) is 0 Å². The van der Waals surface area contributed by atoms with Gasteiger partial charge in [0.25, 0.3) is 0 Å². The molecule has 0 aromatic heterocycles. The Morgan fingerprint density at radius 2 is 2.11 bits per heavy atom. The largest absolute Gasteiger partial charge is 0.497 e. The van der Waals surface area contributed by atoms with Crippen molar-refractivity contribution < 1.29 is 14.3 Å². The molecule has 1 unspecified atom stereocenters. The van der Waals surface area contributed by atoms with Crippen LogP contribution in [0.15, 0.2) is 24.3 Å². The summed E-state index contributed by atoms with van der Waals surface area (Å²) in [7, 11) is 1.60. The number of hydrogen-bond acceptors (Lipinski definition) is 4. The zero-order valence-corrected chi connectivity index (χ0v) is 11.9. The van der Waals surface area contributed by atoms with E-state index in [1.807, 2.05) is 0 Å². The molecule has 5 heteroatoms. The Balaban J connectivity index is 0.00000180. The van der Waals surface area contributed by atoms with Gasteiger partial charge in [-0.25, -0.2) is 4.79 Å². The van der Waals surface area contributed by atoms with Gasteiger partial charge < -0.3 is 14.8 Å². The van der Waals surface area contributed by atoms with Crippen LogP contribution in [-0.4, -0.2) is 32.8 Å². The fourth-order valence-corrected chi connectivity index (χ4v) is 2.07. The van der Waals surface area contributed by atoms with Crippen molar-refractivity contribution in [1.29, 1.82) is 0 Å². The number of carbonyl (C=O) groups excluding carboxylic acids is 1. The second kappa shape index (κ2) is 8.02. The van der Waals surface area contributed by atoms with Crippen molar-refractivity contribution in [3.8, 4) is 5.75 Å². The summed E-state index contributed by atoms with van der Waals surface area (Å²) in [6, 6.07) is 6.97. The van der Waals surface area contributed by atoms with E-state index in [4.69, 9.17) is 9.47 Å². The summed E-state index contributed by atoms with van der Waals surface area (Å²) in [6.45, 7) is 2.51. The van der Waals surface area contributed by atoms with Gasteiger partial charge in [0, 0.05) is 12.5 Å². The van der Waals surface area contributed by atoms with E-state index in [9.17, 15) is 4.79 Å². The molecular formula is C14H20ClNO3. The maximum absolute atomic E-state index is 11.8. The van der Waals surface area contributed by atoms with Crippen LogP contribution in [0.2, 0.25) is 0 Å². The SMILES string of the molecule is COc1ccc(C(=O)OCC2CCCNC2)cc1.Cl. The van der Waals surface area contributed by atoms with E-state index in [0.717, 1.165) is 31.7 Å². The minimum absolute atomic E-state index is 0. The van der Waals surface area contributed by atoms with Crippen LogP contribution in [0.4, 0.5) is 0 Å². The van der Waals surface area contributed by atoms with Gasteiger partial charge in [-0.3, -0.25) is 0 Å². The van der Waals surface area contributed by atoms with E-state index in [0.29, 0.717) is 18.1 Å². The minimum Gasteiger partial charge on any atom is -0.497 e. The van der Waals surface area contributed by atoms with Gasteiger partial charge in [-0.1, -0.05) is 0 Å². The van der Waals surface area contributed by atoms with Crippen molar-refractivity contribution in [1.82, 2.24) is 5.32 Å². The molecule has 0 aliphatic carbocycles. The second-order valence-corrected chi connectivity index (χ2v) is 4.54. The van der Waals surface area contributed by atoms with Crippen LogP contribution < -0.4 is 10.1 Å². The van der Waals surface area contributed by atoms with Gasteiger partial charge in [0.1, 0.15) is 5.75 Å². The first kappa shape index (κ1) is 15.8. The molecule has 0 amide bonds. The predicted molar refractivity (Wildman–Crippen MR) is 76.1 cm³/mol. The number of methoxy groups -OCH3 is 1. The summed E-state index contributed by atoms with van der Waals surface area (Å²) in [5.41, 5.74) is 0.569. The zero-order chi connectivity index (χ0) is 12.8. The number of esters is 1. The van der Waals surface area contributed by atoms with Crippen LogP contribution in [0.3, 0.4) is 0 Å². The van der Waals surface area contributed by atoms with Crippen molar-refractivity contribution in [3.05, 3.63) is 29.8 Å². The number of piperidine rings is 1. The zero-order valence-electron chi connectivity index (χ0n) is 11.1. The van der Waals surface area contributed by atoms with Crippen molar-refractivity contribution >= 4 is 18.4 Å². The number of benzene rings is 1. The Morgan fingerprint density at radius 3 is 2.68 bits per heavy atom. The van der Waals surface area contributed by atoms with Crippen molar-refractivity contribution in [3.63, 3.8) is 0 Å². The highest BCUT2D eigenvalue weighted by Gasteiger charge is 2.15. The Bertz CT molecular complexity index is 388. The molecule has 106 valence electrons. The monoisotopic (exact) mass is 285 g/mol. The first-order valence-corrected chi connectivity index (χ1v) is 6.31. The molecule has 0 bridgehead atoms. The number of ether oxygens (including phenoxy) is 2. The highest BCUT2D eigenvalue weighted by atomic mass is 35.5. The van der Waals surface area contributed by atoms with E-state index < -0.39 is 0 Å². The molecule has 1 N–H and O–H groups in total. The Kier molecular flexibility index (Phi) is 6.67. The molecule has 1 saturated heterocycles. The summed E-state index contributed by atoms with van der Waals surface area (Å²) in [5, 5.41) is 3.31. The molecular weight excluding hydrogens is 266 g/mol. The number of carbonyl (C=O) groups is 1. The maximum Gasteiger partial charge on any atom is 0.338 e. The standard InChI is InChI=1S/C14H19NO3.ClH/c1-17-13-6-4-12(5-7-13)14(16)18-10-11-3-2-8-15-9-11;/h4-7,11,15H,2-3,8-10H2,1H3;1H. The maximum atomic E-state index is 11.8. The quantitative estimate of drug-likeness (QED) is 0.862. The smallest absolute Gasteiger partial charge is 0.338 e. The lowest BCUT2D eigenvalue weighted by atomic mass is 10.0. The molecule has 1 aliphatic heterocycles. The highest BCUT2D eigenvalue weighted by Crippen LogP contribution is 2.14. The number of rotatable bonds is 4. The first-order chi connectivity index (χ1) is 8.79. The molecule has 0 saturated carbocycles. The van der Waals surface area contributed by atoms with E-state index in [2.05, 4.69) is 5.32 Å². The van der Waals surface area contributed by atoms with Crippen LogP contribution in [0.5, 0.6) is 5.75 Å². The molecule has 4 nitrogen and oxygen atoms in total. The third-order valence-corrected chi connectivity index (χ3v) is 3.17. The average Bonchev–Trinajstić information content (AvgIpc) is 2.46. The molecule has 1 atom stereocenters. The van der Waals surface area contributed by atoms with Gasteiger partial charge in [0.15, 0.2) is 0 Å². The third-order valence-electron chi connectivity index (χ3n) is 3.17. The molecule has 1 aromatic carbocycles. The molecule has 0 radical (unpaired) electrons. The summed E-state index contributed by atoms with van der Waals surface area (Å²) < 4.78 is 10.4. The topological polar surface area (TPSA) is 47.6 Å². The van der Waals surface area contributed by atoms with E-state index in [1.54, 1.807) is 31.4 Å². The average molecular weight is 286 g/mol. The van der Waals surface area contributed by atoms with Crippen LogP contribution in [0.1, 0.15) is 23.2 Å². The number of hydrogen-bond donors (Lipinski definition) is 1. The summed E-state index contributed by atoms with van der Waals surface area (Å²) in [6.07, 6.45) is 2.29. The summed E-state index contributed by atoms with van der Waals surface area (Å²) in [5.74, 6) is 0.923. The van der Waals surface area contributed by atoms with Gasteiger partial charge in [-0.2, -0.15) is 0 Å². The second-order valence-electron chi connectivity index (χ2n) is 4.54. The first-order valence-electron chi connectivity index (χ1n) is 6.31. The lowest BCUT2D eigenvalue weighted by molar-refractivity contribution is 0.0421. The van der Waals surface area contributed by atoms with Crippen LogP contribution in [0, 0.1) is 5.92 Å². The lowest BCUT2D eigenvalue weighted by Gasteiger charge is -2.22. The fourth-order valence-electron chi connectivity index (χ4n) is 2.07. The Hall–Kier alpha value is -1.26. The number of halogens is 1.